The van der Waals surface area contributed by atoms with Crippen LogP contribution in [0.2, 0.25) is 0 Å². The minimum atomic E-state index is 0.615. The van der Waals surface area contributed by atoms with Crippen molar-refractivity contribution >= 4 is 0 Å². The van der Waals surface area contributed by atoms with Crippen LogP contribution in [0, 0.1) is 17.3 Å². The molecule has 11 heavy (non-hydrogen) atoms. The molecule has 0 bridgehead atoms. The molecule has 1 saturated carbocycles. The van der Waals surface area contributed by atoms with E-state index in [0.717, 1.165) is 11.8 Å². The third-order valence-electron chi connectivity index (χ3n) is 3.02. The molecule has 0 N–H and O–H groups in total. The van der Waals surface area contributed by atoms with Crippen molar-refractivity contribution in [2.75, 3.05) is 0 Å². The second-order valence-electron chi connectivity index (χ2n) is 5.35. The lowest BCUT2D eigenvalue weighted by molar-refractivity contribution is 0.277. The molecule has 66 valence electrons. The van der Waals surface area contributed by atoms with Gasteiger partial charge in [-0.25, -0.2) is 0 Å². The van der Waals surface area contributed by atoms with Gasteiger partial charge in [-0.3, -0.25) is 0 Å². The molecule has 0 amide bonds. The zero-order valence-electron chi connectivity index (χ0n) is 8.48. The van der Waals surface area contributed by atoms with Crippen LogP contribution in [0.3, 0.4) is 0 Å². The summed E-state index contributed by atoms with van der Waals surface area (Å²) in [6, 6.07) is 0. The lowest BCUT2D eigenvalue weighted by atomic mass is 9.82. The summed E-state index contributed by atoms with van der Waals surface area (Å²) in [5, 5.41) is 0. The average molecular weight is 154 g/mol. The topological polar surface area (TPSA) is 0 Å². The van der Waals surface area contributed by atoms with Gasteiger partial charge in [-0.05, 0) is 36.5 Å². The fourth-order valence-corrected chi connectivity index (χ4v) is 2.57. The van der Waals surface area contributed by atoms with Crippen molar-refractivity contribution in [3.8, 4) is 0 Å². The van der Waals surface area contributed by atoms with Gasteiger partial charge in [-0.15, -0.1) is 0 Å². The Balaban J connectivity index is 2.53. The molecule has 1 aliphatic rings. The van der Waals surface area contributed by atoms with Crippen molar-refractivity contribution in [3.05, 3.63) is 0 Å². The molecule has 1 rings (SSSR count). The highest BCUT2D eigenvalue weighted by Crippen LogP contribution is 2.38. The summed E-state index contributed by atoms with van der Waals surface area (Å²) < 4.78 is 0. The molecule has 1 aliphatic carbocycles. The van der Waals surface area contributed by atoms with Crippen molar-refractivity contribution in [2.45, 2.75) is 53.4 Å². The molecule has 2 unspecified atom stereocenters. The van der Waals surface area contributed by atoms with E-state index in [1.165, 1.54) is 25.7 Å². The van der Waals surface area contributed by atoms with Crippen LogP contribution < -0.4 is 0 Å². The molecule has 2 atom stereocenters. The molecule has 0 heterocycles. The van der Waals surface area contributed by atoms with Crippen LogP contribution in [0.15, 0.2) is 0 Å². The first-order valence-electron chi connectivity index (χ1n) is 4.99. The molecule has 0 nitrogen and oxygen atoms in total. The molecule has 0 saturated heterocycles. The summed E-state index contributed by atoms with van der Waals surface area (Å²) in [6.07, 6.45) is 5.75. The van der Waals surface area contributed by atoms with Crippen LogP contribution in [0.1, 0.15) is 53.4 Å². The Labute approximate surface area is 71.4 Å². The van der Waals surface area contributed by atoms with Gasteiger partial charge in [0, 0.05) is 0 Å². The van der Waals surface area contributed by atoms with Crippen LogP contribution in [0.25, 0.3) is 0 Å². The molecule has 0 aliphatic heterocycles. The molecule has 0 aromatic heterocycles. The Kier molecular flexibility index (Phi) is 2.61. The molecule has 0 radical (unpaired) electrons. The van der Waals surface area contributed by atoms with Crippen molar-refractivity contribution in [1.82, 2.24) is 0 Å². The summed E-state index contributed by atoms with van der Waals surface area (Å²) in [4.78, 5) is 0. The van der Waals surface area contributed by atoms with Crippen LogP contribution in [0.4, 0.5) is 0 Å². The van der Waals surface area contributed by atoms with Crippen LogP contribution >= 0.6 is 0 Å². The van der Waals surface area contributed by atoms with Crippen molar-refractivity contribution in [1.29, 1.82) is 0 Å². The van der Waals surface area contributed by atoms with E-state index in [9.17, 15) is 0 Å². The molecule has 0 aromatic carbocycles. The third-order valence-corrected chi connectivity index (χ3v) is 3.02. The van der Waals surface area contributed by atoms with Gasteiger partial charge in [-0.2, -0.15) is 0 Å². The van der Waals surface area contributed by atoms with Gasteiger partial charge in [0.1, 0.15) is 0 Å². The van der Waals surface area contributed by atoms with E-state index in [2.05, 4.69) is 27.7 Å². The second-order valence-corrected chi connectivity index (χ2v) is 5.35. The zero-order chi connectivity index (χ0) is 8.48. The largest absolute Gasteiger partial charge is 0.0625 e. The Morgan fingerprint density at radius 2 is 1.73 bits per heavy atom. The van der Waals surface area contributed by atoms with E-state index in [4.69, 9.17) is 0 Å². The molecule has 0 heteroatoms. The van der Waals surface area contributed by atoms with Gasteiger partial charge in [0.15, 0.2) is 0 Å². The van der Waals surface area contributed by atoms with Crippen molar-refractivity contribution in [2.24, 2.45) is 17.3 Å². The van der Waals surface area contributed by atoms with Gasteiger partial charge >= 0.3 is 0 Å². The van der Waals surface area contributed by atoms with Gasteiger partial charge < -0.3 is 0 Å². The lowest BCUT2D eigenvalue weighted by Gasteiger charge is -2.24. The van der Waals surface area contributed by atoms with E-state index in [1.807, 2.05) is 0 Å². The first-order chi connectivity index (χ1) is 4.99. The van der Waals surface area contributed by atoms with Gasteiger partial charge in [0.05, 0.1) is 0 Å². The summed E-state index contributed by atoms with van der Waals surface area (Å²) in [7, 11) is 0. The third kappa shape index (κ3) is 2.84. The number of hydrogen-bond acceptors (Lipinski definition) is 0. The van der Waals surface area contributed by atoms with Crippen LogP contribution in [-0.2, 0) is 0 Å². The first-order valence-corrected chi connectivity index (χ1v) is 4.99. The Morgan fingerprint density at radius 3 is 2.36 bits per heavy atom. The Hall–Kier alpha value is 0. The monoisotopic (exact) mass is 154 g/mol. The smallest absolute Gasteiger partial charge is 0.0352 e. The molecule has 1 fully saturated rings. The molecular formula is C11H22. The highest BCUT2D eigenvalue weighted by molar-refractivity contribution is 4.77. The maximum atomic E-state index is 2.42. The normalized spacial score (nSPS) is 38.2. The predicted octanol–water partition coefficient (Wildman–Crippen LogP) is 3.86. The highest BCUT2D eigenvalue weighted by atomic mass is 14.3. The summed E-state index contributed by atoms with van der Waals surface area (Å²) in [5.74, 6) is 1.91. The lowest BCUT2D eigenvalue weighted by Crippen LogP contribution is -2.12. The van der Waals surface area contributed by atoms with Crippen LogP contribution in [0.5, 0.6) is 0 Å². The average Bonchev–Trinajstić information content (AvgIpc) is 1.90. The van der Waals surface area contributed by atoms with Gasteiger partial charge in [-0.1, -0.05) is 34.1 Å². The van der Waals surface area contributed by atoms with Gasteiger partial charge in [0.2, 0.25) is 0 Å². The fraction of sp³-hybridized carbons (Fsp3) is 1.00. The Morgan fingerprint density at radius 1 is 1.09 bits per heavy atom. The Bertz CT molecular complexity index is 124. The van der Waals surface area contributed by atoms with Crippen molar-refractivity contribution < 1.29 is 0 Å². The highest BCUT2D eigenvalue weighted by Gasteiger charge is 2.26. The minimum absolute atomic E-state index is 0.615. The van der Waals surface area contributed by atoms with Crippen LogP contribution in [-0.4, -0.2) is 0 Å². The second kappa shape index (κ2) is 3.16. The van der Waals surface area contributed by atoms with E-state index in [-0.39, 0.29) is 0 Å². The van der Waals surface area contributed by atoms with E-state index in [1.54, 1.807) is 0 Å². The van der Waals surface area contributed by atoms with Gasteiger partial charge in [0.25, 0.3) is 0 Å². The minimum Gasteiger partial charge on any atom is -0.0625 e. The van der Waals surface area contributed by atoms with E-state index < -0.39 is 0 Å². The van der Waals surface area contributed by atoms with Crippen molar-refractivity contribution in [3.63, 3.8) is 0 Å². The quantitative estimate of drug-likeness (QED) is 0.465. The first kappa shape index (κ1) is 9.09. The summed E-state index contributed by atoms with van der Waals surface area (Å²) in [6.45, 7) is 9.64. The maximum absolute atomic E-state index is 2.42. The SMILES string of the molecule is CC1CCC(C)(C)CC(C)C1. The molecular weight excluding hydrogens is 132 g/mol. The number of rotatable bonds is 0. The molecule has 0 aromatic rings. The zero-order valence-corrected chi connectivity index (χ0v) is 8.48. The predicted molar refractivity (Wildman–Crippen MR) is 50.6 cm³/mol. The number of hydrogen-bond donors (Lipinski definition) is 0. The molecule has 0 spiro atoms. The van der Waals surface area contributed by atoms with E-state index in [0.29, 0.717) is 5.41 Å². The van der Waals surface area contributed by atoms with E-state index >= 15 is 0 Å². The fourth-order valence-electron chi connectivity index (χ4n) is 2.57. The summed E-state index contributed by atoms with van der Waals surface area (Å²) >= 11 is 0. The standard InChI is InChI=1S/C11H22/c1-9-5-6-11(3,4)8-10(2)7-9/h9-10H,5-8H2,1-4H3. The maximum Gasteiger partial charge on any atom is -0.0352 e. The summed E-state index contributed by atoms with van der Waals surface area (Å²) in [5.41, 5.74) is 0.615.